The van der Waals surface area contributed by atoms with Crippen molar-refractivity contribution < 1.29 is 8.78 Å². The van der Waals surface area contributed by atoms with E-state index in [9.17, 15) is 8.78 Å². The summed E-state index contributed by atoms with van der Waals surface area (Å²) in [6, 6.07) is 139. The lowest BCUT2D eigenvalue weighted by Crippen LogP contribution is -2.74. The Morgan fingerprint density at radius 3 is 0.962 bits per heavy atom. The zero-order valence-electron chi connectivity index (χ0n) is 61.8. The van der Waals surface area contributed by atoms with Crippen molar-refractivity contribution in [1.82, 2.24) is 0 Å². The average molecular weight is 1390 g/mol. The molecule has 17 rings (SSSR count). The summed E-state index contributed by atoms with van der Waals surface area (Å²) in [6.45, 7) is 19.0. The van der Waals surface area contributed by atoms with Gasteiger partial charge in [-0.05, 0) is 160 Å². The molecule has 15 aromatic carbocycles. The van der Waals surface area contributed by atoms with Crippen molar-refractivity contribution in [2.45, 2.75) is 73.1 Å². The number of benzene rings is 15. The third kappa shape index (κ3) is 17.0. The van der Waals surface area contributed by atoms with Crippen molar-refractivity contribution in [3.8, 4) is 22.3 Å². The van der Waals surface area contributed by atoms with Gasteiger partial charge in [0.1, 0.15) is 11.6 Å². The van der Waals surface area contributed by atoms with Crippen molar-refractivity contribution in [3.63, 3.8) is 0 Å². The van der Waals surface area contributed by atoms with E-state index in [1.165, 1.54) is 129 Å². The fourth-order valence-corrected chi connectivity index (χ4v) is 19.1. The van der Waals surface area contributed by atoms with E-state index in [-0.39, 0.29) is 22.5 Å². The van der Waals surface area contributed by atoms with Crippen molar-refractivity contribution in [1.29, 1.82) is 0 Å². The number of nitrogens with zero attached hydrogens (tertiary/aromatic N) is 1. The van der Waals surface area contributed by atoms with Crippen LogP contribution < -0.4 is 25.6 Å². The highest BCUT2D eigenvalue weighted by atomic mass is 28.3. The van der Waals surface area contributed by atoms with Crippen LogP contribution in [0.2, 0.25) is 0 Å². The van der Waals surface area contributed by atoms with Crippen molar-refractivity contribution in [3.05, 3.63) is 473 Å². The summed E-state index contributed by atoms with van der Waals surface area (Å²) in [5.41, 5.74) is 22.8. The molecular formula is C101H93F2NSi. The van der Waals surface area contributed by atoms with Crippen LogP contribution in [0.4, 0.5) is 25.8 Å². The molecule has 0 amide bonds. The summed E-state index contributed by atoms with van der Waals surface area (Å²) >= 11 is 0. The molecule has 0 aromatic heterocycles. The van der Waals surface area contributed by atoms with Crippen LogP contribution in [-0.2, 0) is 10.8 Å². The number of fused-ring (bicyclic) bond motifs is 5. The van der Waals surface area contributed by atoms with Crippen LogP contribution in [0.1, 0.15) is 88.9 Å². The second-order valence-electron chi connectivity index (χ2n) is 26.9. The number of aryl methyl sites for hydroxylation is 5. The van der Waals surface area contributed by atoms with E-state index in [1.807, 2.05) is 51.1 Å². The zero-order valence-corrected chi connectivity index (χ0v) is 62.8. The van der Waals surface area contributed by atoms with E-state index in [2.05, 4.69) is 368 Å². The molecule has 1 aliphatic heterocycles. The number of hydrogen-bond donors (Lipinski definition) is 0. The summed E-state index contributed by atoms with van der Waals surface area (Å²) in [4.78, 5) is 2.38. The molecule has 1 nitrogen and oxygen atoms in total. The monoisotopic (exact) mass is 1390 g/mol. The molecule has 0 spiro atoms. The maximum atomic E-state index is 12.7. The minimum Gasteiger partial charge on any atom is -0.310 e. The Kier molecular flexibility index (Phi) is 25.1. The first-order chi connectivity index (χ1) is 51.3. The first-order valence-electron chi connectivity index (χ1n) is 36.4. The van der Waals surface area contributed by atoms with Crippen LogP contribution in [0, 0.1) is 46.3 Å². The molecule has 0 N–H and O–H groups in total. The Hall–Kier alpha value is -11.8. The zero-order chi connectivity index (χ0) is 73.6. The number of hydrogen-bond acceptors (Lipinski definition) is 1. The molecule has 4 heteroatoms. The van der Waals surface area contributed by atoms with E-state index in [1.54, 1.807) is 24.3 Å². The minimum absolute atomic E-state index is 0.00320. The molecule has 520 valence electrons. The number of para-hydroxylation sites is 2. The molecule has 0 unspecified atom stereocenters. The third-order valence-corrected chi connectivity index (χ3v) is 24.3. The van der Waals surface area contributed by atoms with Gasteiger partial charge in [-0.3, -0.25) is 0 Å². The van der Waals surface area contributed by atoms with Gasteiger partial charge in [-0.1, -0.05) is 407 Å². The number of anilines is 3. The highest BCUT2D eigenvalue weighted by Gasteiger charge is 2.46. The average Bonchev–Trinajstić information content (AvgIpc) is 1.60. The third-order valence-electron chi connectivity index (χ3n) is 19.6. The highest BCUT2D eigenvalue weighted by Crippen LogP contribution is 2.56. The number of halogens is 2. The quantitative estimate of drug-likeness (QED) is 0.108. The summed E-state index contributed by atoms with van der Waals surface area (Å²) in [6.07, 6.45) is 0. The van der Waals surface area contributed by atoms with E-state index in [4.69, 9.17) is 0 Å². The van der Waals surface area contributed by atoms with Gasteiger partial charge in [0.05, 0.1) is 16.8 Å². The second-order valence-corrected chi connectivity index (χ2v) is 30.8. The van der Waals surface area contributed by atoms with Gasteiger partial charge in [0.15, 0.2) is 8.07 Å². The van der Waals surface area contributed by atoms with Gasteiger partial charge in [0.25, 0.3) is 0 Å². The largest absolute Gasteiger partial charge is 0.310 e. The van der Waals surface area contributed by atoms with E-state index in [0.717, 1.165) is 16.7 Å². The van der Waals surface area contributed by atoms with Crippen LogP contribution >= 0.6 is 0 Å². The first kappa shape index (κ1) is 74.4. The lowest BCUT2D eigenvalue weighted by molar-refractivity contribution is 0.627. The molecular weight excluding hydrogens is 1290 g/mol. The molecule has 0 fully saturated rings. The van der Waals surface area contributed by atoms with E-state index in [0.29, 0.717) is 0 Å². The van der Waals surface area contributed by atoms with Crippen molar-refractivity contribution in [2.75, 3.05) is 4.90 Å². The maximum absolute atomic E-state index is 12.7. The molecule has 2 aliphatic rings. The maximum Gasteiger partial charge on any atom is 0.179 e. The van der Waals surface area contributed by atoms with Crippen LogP contribution in [0.15, 0.2) is 400 Å². The normalized spacial score (nSPS) is 12.1. The molecule has 0 saturated carbocycles. The summed E-state index contributed by atoms with van der Waals surface area (Å²) < 4.78 is 24.8. The van der Waals surface area contributed by atoms with Gasteiger partial charge in [-0.15, -0.1) is 0 Å². The Morgan fingerprint density at radius 2 is 0.552 bits per heavy atom. The Morgan fingerprint density at radius 1 is 0.257 bits per heavy atom. The van der Waals surface area contributed by atoms with Gasteiger partial charge in [0, 0.05) is 11.1 Å². The lowest BCUT2D eigenvalue weighted by Gasteiger charge is -2.42. The van der Waals surface area contributed by atoms with Crippen LogP contribution in [0.25, 0.3) is 22.3 Å². The van der Waals surface area contributed by atoms with Crippen LogP contribution in [0.5, 0.6) is 0 Å². The molecule has 105 heavy (non-hydrogen) atoms. The SMILES string of the molecule is CC.Cc1ccc(-c2ccc(F)cc2)cc1.Cc1ccc(F)cc1.Cc1ccc([Si](c2ccccc2)(c2ccccc2)c2ccccc2)cc1.Cc1ccc2c(c1)C(C)(C)c1ccccc1N2c1ccccc1.Cc1ccccc1.c1ccc(C2(c3ccccc3)c3ccccc3-c3ccccc32)cc1. The Balaban J connectivity index is 0.000000132. The predicted octanol–water partition coefficient (Wildman–Crippen LogP) is 24.5. The predicted molar refractivity (Wildman–Crippen MR) is 447 cm³/mol. The Bertz CT molecular complexity index is 4880. The minimum atomic E-state index is -2.32. The van der Waals surface area contributed by atoms with E-state index >= 15 is 0 Å². The van der Waals surface area contributed by atoms with Crippen molar-refractivity contribution in [2.24, 2.45) is 0 Å². The summed E-state index contributed by atoms with van der Waals surface area (Å²) in [5.74, 6) is -0.364. The molecule has 1 heterocycles. The molecule has 0 bridgehead atoms. The molecule has 15 aromatic rings. The van der Waals surface area contributed by atoms with Gasteiger partial charge in [0.2, 0.25) is 0 Å². The summed E-state index contributed by atoms with van der Waals surface area (Å²) in [7, 11) is -2.32. The van der Waals surface area contributed by atoms with E-state index < -0.39 is 8.07 Å². The topological polar surface area (TPSA) is 3.24 Å². The van der Waals surface area contributed by atoms with Gasteiger partial charge in [-0.2, -0.15) is 0 Å². The van der Waals surface area contributed by atoms with Gasteiger partial charge >= 0.3 is 0 Å². The molecule has 0 radical (unpaired) electrons. The molecule has 1 aliphatic carbocycles. The van der Waals surface area contributed by atoms with Crippen molar-refractivity contribution >= 4 is 45.9 Å². The molecule has 0 saturated heterocycles. The standard InChI is InChI=1S/C25H22Si.C25H18.C22H21N.C13H11F.C7H7F.C7H8.C2H6/c1-21-17-19-25(20-18-21)26(22-11-5-2-6-12-22,23-13-7-3-8-14-23)24-15-9-4-10-16-24;1-3-11-19(12-4-1)25(20-13-5-2-6-14-20)23-17-9-7-15-21(23)22-16-8-10-18-24(22)25;1-16-13-14-21-19(15-16)22(2,3)18-11-7-8-12-20(18)23(21)17-9-5-4-6-10-17;1-10-2-4-11(5-3-10)12-6-8-13(14)9-7-12;1-6-2-4-7(8)5-3-6;1-7-5-3-2-4-6-7;1-2/h2-20H,1H3;1-18H;4-15H,1-3H3;2-9H,1H3;2-5H,1H3;2-6H,1H3;1-2H3. The van der Waals surface area contributed by atoms with Gasteiger partial charge < -0.3 is 4.90 Å². The number of rotatable bonds is 8. The fourth-order valence-electron chi connectivity index (χ4n) is 14.4. The van der Waals surface area contributed by atoms with Crippen LogP contribution in [0.3, 0.4) is 0 Å². The highest BCUT2D eigenvalue weighted by molar-refractivity contribution is 7.19. The first-order valence-corrected chi connectivity index (χ1v) is 38.4. The van der Waals surface area contributed by atoms with Gasteiger partial charge in [-0.25, -0.2) is 8.78 Å². The smallest absolute Gasteiger partial charge is 0.179 e. The lowest BCUT2D eigenvalue weighted by atomic mass is 9.68. The van der Waals surface area contributed by atoms with Crippen LogP contribution in [-0.4, -0.2) is 8.07 Å². The summed E-state index contributed by atoms with van der Waals surface area (Å²) in [5, 5.41) is 5.68. The fraction of sp³-hybridized carbons (Fsp3) is 0.109. The second kappa shape index (κ2) is 35.4. The molecule has 0 atom stereocenters. The Labute approximate surface area is 624 Å².